The highest BCUT2D eigenvalue weighted by atomic mass is 31.2. The first-order chi connectivity index (χ1) is 45.7. The van der Waals surface area contributed by atoms with E-state index in [1.165, 1.54) is 193 Å². The van der Waals surface area contributed by atoms with Crippen molar-refractivity contribution in [1.82, 2.24) is 0 Å². The van der Waals surface area contributed by atoms with Gasteiger partial charge >= 0.3 is 39.5 Å². The smallest absolute Gasteiger partial charge is 0.462 e. The summed E-state index contributed by atoms with van der Waals surface area (Å²) in [5.41, 5.74) is 0. The van der Waals surface area contributed by atoms with Crippen LogP contribution < -0.4 is 0 Å². The zero-order valence-electron chi connectivity index (χ0n) is 62.1. The Hall–Kier alpha value is -1.94. The van der Waals surface area contributed by atoms with Crippen LogP contribution in [0, 0.1) is 17.8 Å². The van der Waals surface area contributed by atoms with Gasteiger partial charge in [-0.25, -0.2) is 9.13 Å². The average Bonchev–Trinajstić information content (AvgIpc) is 1.47. The minimum absolute atomic E-state index is 0.106. The molecule has 19 heteroatoms. The first-order valence-electron chi connectivity index (χ1n) is 39.3. The van der Waals surface area contributed by atoms with Crippen LogP contribution in [-0.2, 0) is 65.4 Å². The second-order valence-corrected chi connectivity index (χ2v) is 31.7. The van der Waals surface area contributed by atoms with Gasteiger partial charge < -0.3 is 33.8 Å². The molecule has 0 aromatic carbocycles. The molecule has 0 heterocycles. The van der Waals surface area contributed by atoms with E-state index >= 15 is 0 Å². The van der Waals surface area contributed by atoms with E-state index in [4.69, 9.17) is 37.0 Å². The molecular formula is C76H148O17P2. The SMILES string of the molecule is CCCCCCCCCCCCCCCC(=O)O[C@H](COC(=O)CCCCCCCCC(C)C)COP(=O)(O)OC[C@H](O)COP(=O)(O)OC[C@@H](COC(=O)CCCCCCCCCCCCCCCC(C)C)OC(=O)CCCCCCCCCCCCCCCCC(C)C. The van der Waals surface area contributed by atoms with Crippen LogP contribution in [0.2, 0.25) is 0 Å². The third-order valence-corrected chi connectivity index (χ3v) is 19.5. The molecule has 0 fully saturated rings. The third-order valence-electron chi connectivity index (χ3n) is 17.6. The summed E-state index contributed by atoms with van der Waals surface area (Å²) >= 11 is 0. The normalized spacial score (nSPS) is 14.1. The molecule has 5 atom stereocenters. The molecule has 3 N–H and O–H groups in total. The fraction of sp³-hybridized carbons (Fsp3) is 0.947. The standard InChI is InChI=1S/C76H148O17P2/c1-8-9-10-11-12-13-14-18-26-31-36-45-52-59-76(81)93-72(64-87-74(79)58-51-44-39-38-42-49-56-69(6)7)66-91-95(84,85)89-62-70(77)61-88-94(82,83)90-65-71(63-86-73(78)57-50-43-35-30-25-22-17-20-24-29-34-41-48-55-68(4)5)92-75(80)60-53-46-37-32-27-21-16-15-19-23-28-33-40-47-54-67(2)3/h67-72,77H,8-66H2,1-7H3,(H,82,83)(H,84,85)/t70-,71-,72-/m1/s1. The van der Waals surface area contributed by atoms with Crippen LogP contribution in [0.5, 0.6) is 0 Å². The van der Waals surface area contributed by atoms with Gasteiger partial charge in [-0.05, 0) is 43.4 Å². The molecule has 17 nitrogen and oxygen atoms in total. The van der Waals surface area contributed by atoms with Gasteiger partial charge in [0.2, 0.25) is 0 Å². The van der Waals surface area contributed by atoms with Crippen LogP contribution in [0.4, 0.5) is 0 Å². The summed E-state index contributed by atoms with van der Waals surface area (Å²) in [4.78, 5) is 72.8. The number of carbonyl (C=O) groups excluding carboxylic acids is 4. The van der Waals surface area contributed by atoms with Gasteiger partial charge in [-0.3, -0.25) is 37.3 Å². The number of aliphatic hydroxyl groups is 1. The Morgan fingerprint density at radius 2 is 0.484 bits per heavy atom. The predicted molar refractivity (Wildman–Crippen MR) is 386 cm³/mol. The molecule has 0 aliphatic carbocycles. The van der Waals surface area contributed by atoms with Crippen molar-refractivity contribution in [3.8, 4) is 0 Å². The van der Waals surface area contributed by atoms with E-state index in [1.54, 1.807) is 0 Å². The van der Waals surface area contributed by atoms with E-state index in [9.17, 15) is 43.2 Å². The van der Waals surface area contributed by atoms with Gasteiger partial charge in [-0.1, -0.05) is 337 Å². The molecule has 0 aliphatic rings. The number of hydrogen-bond acceptors (Lipinski definition) is 15. The van der Waals surface area contributed by atoms with Crippen LogP contribution in [-0.4, -0.2) is 96.7 Å². The summed E-state index contributed by atoms with van der Waals surface area (Å²) in [6.07, 6.45) is 52.8. The Balaban J connectivity index is 5.24. The maximum absolute atomic E-state index is 13.1. The highest BCUT2D eigenvalue weighted by Gasteiger charge is 2.30. The largest absolute Gasteiger partial charge is 0.472 e. The fourth-order valence-corrected chi connectivity index (χ4v) is 13.2. The lowest BCUT2D eigenvalue weighted by atomic mass is 10.0. The van der Waals surface area contributed by atoms with Gasteiger partial charge in [0.05, 0.1) is 26.4 Å². The topological polar surface area (TPSA) is 237 Å². The molecule has 0 aromatic rings. The van der Waals surface area contributed by atoms with E-state index in [1.807, 2.05) is 0 Å². The summed E-state index contributed by atoms with van der Waals surface area (Å²) in [6.45, 7) is 11.9. The lowest BCUT2D eigenvalue weighted by molar-refractivity contribution is -0.161. The lowest BCUT2D eigenvalue weighted by Gasteiger charge is -2.21. The molecule has 0 amide bonds. The number of ether oxygens (including phenoxy) is 4. The van der Waals surface area contributed by atoms with E-state index in [-0.39, 0.29) is 25.7 Å². The molecule has 0 bridgehead atoms. The van der Waals surface area contributed by atoms with Crippen molar-refractivity contribution in [2.75, 3.05) is 39.6 Å². The maximum Gasteiger partial charge on any atom is 0.472 e. The monoisotopic (exact) mass is 1400 g/mol. The molecule has 0 aromatic heterocycles. The van der Waals surface area contributed by atoms with Crippen molar-refractivity contribution in [2.24, 2.45) is 17.8 Å². The van der Waals surface area contributed by atoms with Crippen molar-refractivity contribution < 1.29 is 80.2 Å². The van der Waals surface area contributed by atoms with Gasteiger partial charge in [0.15, 0.2) is 12.2 Å². The van der Waals surface area contributed by atoms with Gasteiger partial charge in [0.25, 0.3) is 0 Å². The molecule has 0 aliphatic heterocycles. The number of hydrogen-bond donors (Lipinski definition) is 3. The predicted octanol–water partition coefficient (Wildman–Crippen LogP) is 22.2. The fourth-order valence-electron chi connectivity index (χ4n) is 11.6. The number of rotatable bonds is 74. The van der Waals surface area contributed by atoms with Gasteiger partial charge in [-0.2, -0.15) is 0 Å². The number of phosphoric acid groups is 2. The number of unbranched alkanes of at least 4 members (excludes halogenated alkanes) is 42. The van der Waals surface area contributed by atoms with Crippen LogP contribution >= 0.6 is 15.6 Å². The molecule has 0 spiro atoms. The minimum atomic E-state index is -4.96. The van der Waals surface area contributed by atoms with Crippen molar-refractivity contribution in [1.29, 1.82) is 0 Å². The van der Waals surface area contributed by atoms with E-state index in [2.05, 4.69) is 48.5 Å². The van der Waals surface area contributed by atoms with Crippen LogP contribution in [0.1, 0.15) is 389 Å². The minimum Gasteiger partial charge on any atom is -0.462 e. The zero-order chi connectivity index (χ0) is 70.1. The number of phosphoric ester groups is 2. The van der Waals surface area contributed by atoms with Crippen LogP contribution in [0.25, 0.3) is 0 Å². The molecule has 2 unspecified atom stereocenters. The molecule has 564 valence electrons. The highest BCUT2D eigenvalue weighted by Crippen LogP contribution is 2.45. The summed E-state index contributed by atoms with van der Waals surface area (Å²) in [5, 5.41) is 10.6. The Bertz CT molecular complexity index is 1850. The Morgan fingerprint density at radius 1 is 0.284 bits per heavy atom. The Morgan fingerprint density at radius 3 is 0.716 bits per heavy atom. The van der Waals surface area contributed by atoms with Crippen molar-refractivity contribution >= 4 is 39.5 Å². The van der Waals surface area contributed by atoms with E-state index in [0.29, 0.717) is 31.6 Å². The third kappa shape index (κ3) is 70.3. The summed E-state index contributed by atoms with van der Waals surface area (Å²) in [7, 11) is -9.91. The maximum atomic E-state index is 13.1. The molecule has 0 rings (SSSR count). The second-order valence-electron chi connectivity index (χ2n) is 28.8. The Labute approximate surface area is 581 Å². The first kappa shape index (κ1) is 93.1. The van der Waals surface area contributed by atoms with Crippen molar-refractivity contribution in [2.45, 2.75) is 407 Å². The number of esters is 4. The number of carbonyl (C=O) groups is 4. The van der Waals surface area contributed by atoms with Gasteiger partial charge in [-0.15, -0.1) is 0 Å². The van der Waals surface area contributed by atoms with Crippen molar-refractivity contribution in [3.05, 3.63) is 0 Å². The summed E-state index contributed by atoms with van der Waals surface area (Å²) in [6, 6.07) is 0. The molecular weight excluding hydrogens is 1250 g/mol. The van der Waals surface area contributed by atoms with Crippen LogP contribution in [0.15, 0.2) is 0 Å². The number of aliphatic hydroxyl groups excluding tert-OH is 1. The summed E-state index contributed by atoms with van der Waals surface area (Å²) in [5.74, 6) is 0.148. The molecule has 0 saturated heterocycles. The second kappa shape index (κ2) is 66.6. The van der Waals surface area contributed by atoms with Gasteiger partial charge in [0, 0.05) is 25.7 Å². The first-order valence-corrected chi connectivity index (χ1v) is 42.3. The lowest BCUT2D eigenvalue weighted by Crippen LogP contribution is -2.30. The van der Waals surface area contributed by atoms with E-state index in [0.717, 1.165) is 108 Å². The van der Waals surface area contributed by atoms with Gasteiger partial charge in [0.1, 0.15) is 19.3 Å². The van der Waals surface area contributed by atoms with Crippen LogP contribution in [0.3, 0.4) is 0 Å². The molecule has 95 heavy (non-hydrogen) atoms. The van der Waals surface area contributed by atoms with Crippen molar-refractivity contribution in [3.63, 3.8) is 0 Å². The zero-order valence-corrected chi connectivity index (χ0v) is 63.9. The average molecular weight is 1400 g/mol. The quantitative estimate of drug-likeness (QED) is 0.0222. The molecule has 0 saturated carbocycles. The summed E-state index contributed by atoms with van der Waals surface area (Å²) < 4.78 is 68.5. The highest BCUT2D eigenvalue weighted by molar-refractivity contribution is 7.47. The molecule has 0 radical (unpaired) electrons. The van der Waals surface area contributed by atoms with E-state index < -0.39 is 97.5 Å². The Kier molecular flexibility index (Phi) is 65.2.